The maximum absolute atomic E-state index is 11.9. The summed E-state index contributed by atoms with van der Waals surface area (Å²) in [6.07, 6.45) is 0.421. The first-order valence-electron chi connectivity index (χ1n) is 7.38. The molecular formula is C18H22N2O2. The van der Waals surface area contributed by atoms with Gasteiger partial charge in [-0.2, -0.15) is 0 Å². The van der Waals surface area contributed by atoms with Gasteiger partial charge in [-0.3, -0.25) is 4.79 Å². The van der Waals surface area contributed by atoms with E-state index in [2.05, 4.69) is 41.8 Å². The van der Waals surface area contributed by atoms with Crippen LogP contribution in [0.15, 0.2) is 48.5 Å². The second kappa shape index (κ2) is 8.20. The first-order valence-corrected chi connectivity index (χ1v) is 7.38. The summed E-state index contributed by atoms with van der Waals surface area (Å²) in [7, 11) is 1.59. The lowest BCUT2D eigenvalue weighted by Gasteiger charge is -2.10. The SMILES string of the molecule is COc1ccccc1NC(=O)CCNCc1ccc(C)cc1. The third-order valence-corrected chi connectivity index (χ3v) is 3.36. The number of aryl methyl sites for hydroxylation is 1. The summed E-state index contributed by atoms with van der Waals surface area (Å²) in [6, 6.07) is 15.8. The predicted molar refractivity (Wildman–Crippen MR) is 89.1 cm³/mol. The fourth-order valence-electron chi connectivity index (χ4n) is 2.10. The quantitative estimate of drug-likeness (QED) is 0.772. The van der Waals surface area contributed by atoms with Gasteiger partial charge < -0.3 is 15.4 Å². The van der Waals surface area contributed by atoms with Crippen molar-refractivity contribution in [3.8, 4) is 5.75 Å². The zero-order chi connectivity index (χ0) is 15.8. The minimum atomic E-state index is -0.0269. The number of rotatable bonds is 7. The first-order chi connectivity index (χ1) is 10.7. The number of methoxy groups -OCH3 is 1. The maximum atomic E-state index is 11.9. The second-order valence-electron chi connectivity index (χ2n) is 5.16. The number of nitrogens with one attached hydrogen (secondary N) is 2. The summed E-state index contributed by atoms with van der Waals surface area (Å²) in [5, 5.41) is 6.14. The number of amides is 1. The molecule has 0 spiro atoms. The van der Waals surface area contributed by atoms with E-state index >= 15 is 0 Å². The molecule has 0 heterocycles. The zero-order valence-electron chi connectivity index (χ0n) is 13.1. The lowest BCUT2D eigenvalue weighted by atomic mass is 10.1. The highest BCUT2D eigenvalue weighted by Crippen LogP contribution is 2.22. The molecule has 0 bridgehead atoms. The Bertz CT molecular complexity index is 609. The zero-order valence-corrected chi connectivity index (χ0v) is 13.1. The fraction of sp³-hybridized carbons (Fsp3) is 0.278. The van der Waals surface area contributed by atoms with E-state index in [0.717, 1.165) is 6.54 Å². The van der Waals surface area contributed by atoms with Gasteiger partial charge in [0.25, 0.3) is 0 Å². The summed E-state index contributed by atoms with van der Waals surface area (Å²) < 4.78 is 5.21. The van der Waals surface area contributed by atoms with Crippen LogP contribution in [-0.2, 0) is 11.3 Å². The molecule has 0 aliphatic heterocycles. The highest BCUT2D eigenvalue weighted by Gasteiger charge is 2.06. The van der Waals surface area contributed by atoms with Gasteiger partial charge in [0.05, 0.1) is 12.8 Å². The number of para-hydroxylation sites is 2. The maximum Gasteiger partial charge on any atom is 0.225 e. The second-order valence-corrected chi connectivity index (χ2v) is 5.16. The molecule has 0 aliphatic rings. The molecule has 0 atom stereocenters. The molecule has 4 heteroatoms. The molecule has 0 aliphatic carbocycles. The van der Waals surface area contributed by atoms with Crippen molar-refractivity contribution >= 4 is 11.6 Å². The number of carbonyl (C=O) groups excluding carboxylic acids is 1. The van der Waals surface area contributed by atoms with Crippen LogP contribution >= 0.6 is 0 Å². The van der Waals surface area contributed by atoms with Gasteiger partial charge in [0.1, 0.15) is 5.75 Å². The molecule has 0 radical (unpaired) electrons. The molecule has 0 fully saturated rings. The minimum absolute atomic E-state index is 0.0269. The molecule has 2 aromatic rings. The van der Waals surface area contributed by atoms with Gasteiger partial charge in [0, 0.05) is 19.5 Å². The van der Waals surface area contributed by atoms with Crippen molar-refractivity contribution in [1.82, 2.24) is 5.32 Å². The van der Waals surface area contributed by atoms with Crippen LogP contribution < -0.4 is 15.4 Å². The van der Waals surface area contributed by atoms with Crippen molar-refractivity contribution in [3.63, 3.8) is 0 Å². The van der Waals surface area contributed by atoms with Crippen LogP contribution in [0.3, 0.4) is 0 Å². The molecule has 2 aromatic carbocycles. The van der Waals surface area contributed by atoms with Gasteiger partial charge in [-0.25, -0.2) is 0 Å². The average molecular weight is 298 g/mol. The van der Waals surface area contributed by atoms with Crippen LogP contribution in [0.1, 0.15) is 17.5 Å². The van der Waals surface area contributed by atoms with Crippen LogP contribution in [0.4, 0.5) is 5.69 Å². The molecule has 0 saturated heterocycles. The smallest absolute Gasteiger partial charge is 0.225 e. The number of anilines is 1. The molecule has 116 valence electrons. The summed E-state index contributed by atoms with van der Waals surface area (Å²) >= 11 is 0. The third-order valence-electron chi connectivity index (χ3n) is 3.36. The number of hydrogen-bond donors (Lipinski definition) is 2. The van der Waals surface area contributed by atoms with Gasteiger partial charge in [-0.1, -0.05) is 42.0 Å². The van der Waals surface area contributed by atoms with E-state index in [-0.39, 0.29) is 5.91 Å². The van der Waals surface area contributed by atoms with E-state index in [1.807, 2.05) is 24.3 Å². The molecule has 2 N–H and O–H groups in total. The first kappa shape index (κ1) is 16.0. The Morgan fingerprint density at radius 1 is 1.09 bits per heavy atom. The molecule has 0 saturated carbocycles. The van der Waals surface area contributed by atoms with Crippen molar-refractivity contribution in [2.24, 2.45) is 0 Å². The lowest BCUT2D eigenvalue weighted by Crippen LogP contribution is -2.21. The Morgan fingerprint density at radius 3 is 2.55 bits per heavy atom. The van der Waals surface area contributed by atoms with Crippen molar-refractivity contribution in [2.75, 3.05) is 19.0 Å². The van der Waals surface area contributed by atoms with E-state index in [0.29, 0.717) is 24.4 Å². The number of carbonyl (C=O) groups is 1. The summed E-state index contributed by atoms with van der Waals surface area (Å²) in [5.41, 5.74) is 3.17. The monoisotopic (exact) mass is 298 g/mol. The Balaban J connectivity index is 1.72. The summed E-state index contributed by atoms with van der Waals surface area (Å²) in [6.45, 7) is 3.47. The van der Waals surface area contributed by atoms with E-state index < -0.39 is 0 Å². The van der Waals surface area contributed by atoms with Crippen LogP contribution in [0.5, 0.6) is 5.75 Å². The van der Waals surface area contributed by atoms with Crippen LogP contribution in [0.25, 0.3) is 0 Å². The van der Waals surface area contributed by atoms with Gasteiger partial charge in [0.15, 0.2) is 0 Å². The fourth-order valence-corrected chi connectivity index (χ4v) is 2.10. The van der Waals surface area contributed by atoms with Gasteiger partial charge in [-0.05, 0) is 24.6 Å². The Morgan fingerprint density at radius 2 is 1.82 bits per heavy atom. The largest absolute Gasteiger partial charge is 0.495 e. The van der Waals surface area contributed by atoms with E-state index in [1.54, 1.807) is 7.11 Å². The minimum Gasteiger partial charge on any atom is -0.495 e. The predicted octanol–water partition coefficient (Wildman–Crippen LogP) is 3.12. The Hall–Kier alpha value is -2.33. The van der Waals surface area contributed by atoms with Crippen molar-refractivity contribution in [2.45, 2.75) is 19.9 Å². The summed E-state index contributed by atoms with van der Waals surface area (Å²) in [5.74, 6) is 0.643. The molecule has 22 heavy (non-hydrogen) atoms. The molecule has 2 rings (SSSR count). The molecule has 0 aromatic heterocycles. The van der Waals surface area contributed by atoms with E-state index in [9.17, 15) is 4.79 Å². The number of hydrogen-bond acceptors (Lipinski definition) is 3. The summed E-state index contributed by atoms with van der Waals surface area (Å²) in [4.78, 5) is 11.9. The molecule has 0 unspecified atom stereocenters. The Labute approximate surface area is 131 Å². The van der Waals surface area contributed by atoms with Gasteiger partial charge in [-0.15, -0.1) is 0 Å². The van der Waals surface area contributed by atoms with Crippen LogP contribution in [-0.4, -0.2) is 19.6 Å². The van der Waals surface area contributed by atoms with Gasteiger partial charge in [0.2, 0.25) is 5.91 Å². The topological polar surface area (TPSA) is 50.4 Å². The highest BCUT2D eigenvalue weighted by molar-refractivity contribution is 5.92. The third kappa shape index (κ3) is 4.90. The normalized spacial score (nSPS) is 10.3. The highest BCUT2D eigenvalue weighted by atomic mass is 16.5. The van der Waals surface area contributed by atoms with Crippen molar-refractivity contribution in [3.05, 3.63) is 59.7 Å². The molecule has 1 amide bonds. The van der Waals surface area contributed by atoms with Crippen molar-refractivity contribution in [1.29, 1.82) is 0 Å². The Kier molecular flexibility index (Phi) is 5.98. The van der Waals surface area contributed by atoms with Gasteiger partial charge >= 0.3 is 0 Å². The van der Waals surface area contributed by atoms with Crippen LogP contribution in [0.2, 0.25) is 0 Å². The molecule has 4 nitrogen and oxygen atoms in total. The number of benzene rings is 2. The van der Waals surface area contributed by atoms with E-state index in [1.165, 1.54) is 11.1 Å². The number of ether oxygens (including phenoxy) is 1. The van der Waals surface area contributed by atoms with E-state index in [4.69, 9.17) is 4.74 Å². The molecular weight excluding hydrogens is 276 g/mol. The lowest BCUT2D eigenvalue weighted by molar-refractivity contribution is -0.116. The van der Waals surface area contributed by atoms with Crippen molar-refractivity contribution < 1.29 is 9.53 Å². The average Bonchev–Trinajstić information content (AvgIpc) is 2.54. The standard InChI is InChI=1S/C18H22N2O2/c1-14-7-9-15(10-8-14)13-19-12-11-18(21)20-16-5-3-4-6-17(16)22-2/h3-10,19H,11-13H2,1-2H3,(H,20,21). The van der Waals surface area contributed by atoms with Crippen LogP contribution in [0, 0.1) is 6.92 Å².